The first-order chi connectivity index (χ1) is 8.97. The second kappa shape index (κ2) is 4.98. The molecule has 2 rings (SSSR count). The molecule has 0 atom stereocenters. The zero-order valence-electron chi connectivity index (χ0n) is 9.16. The lowest BCUT2D eigenvalue weighted by Crippen LogP contribution is -2.12. The van der Waals surface area contributed by atoms with Crippen LogP contribution in [0.5, 0.6) is 5.75 Å². The van der Waals surface area contributed by atoms with Gasteiger partial charge >= 0.3 is 5.00 Å². The maximum Gasteiger partial charge on any atom is 0.345 e. The Labute approximate surface area is 109 Å². The minimum Gasteiger partial charge on any atom is -0.507 e. The lowest BCUT2D eigenvalue weighted by Gasteiger charge is -2.03. The molecule has 1 aromatic heterocycles. The molecule has 7 nitrogen and oxygen atoms in total. The number of carbonyl (C=O) groups is 1. The van der Waals surface area contributed by atoms with Gasteiger partial charge in [0.05, 0.1) is 10.5 Å². The number of aromatic hydroxyl groups is 1. The van der Waals surface area contributed by atoms with E-state index in [-0.39, 0.29) is 15.7 Å². The number of rotatable bonds is 3. The standard InChI is InChI=1S/C10H6FN3O4S/c11-5-1-2-7(15)6(3-5)9(16)13-10-12-4-8(19-10)14(17)18/h1-4,15H,(H,12,13,16). The number of thiazole rings is 1. The number of hydrogen-bond acceptors (Lipinski definition) is 6. The first-order valence-electron chi connectivity index (χ1n) is 4.87. The Morgan fingerprint density at radius 3 is 2.89 bits per heavy atom. The van der Waals surface area contributed by atoms with E-state index in [9.17, 15) is 24.4 Å². The number of aromatic nitrogens is 1. The van der Waals surface area contributed by atoms with E-state index in [1.165, 1.54) is 0 Å². The Hall–Kier alpha value is -2.55. The number of phenols is 1. The fourth-order valence-corrected chi connectivity index (χ4v) is 1.89. The summed E-state index contributed by atoms with van der Waals surface area (Å²) in [6, 6.07) is 2.89. The molecular weight excluding hydrogens is 277 g/mol. The topological polar surface area (TPSA) is 105 Å². The molecule has 0 saturated carbocycles. The summed E-state index contributed by atoms with van der Waals surface area (Å²) in [4.78, 5) is 25.1. The lowest BCUT2D eigenvalue weighted by atomic mass is 10.2. The molecule has 19 heavy (non-hydrogen) atoms. The van der Waals surface area contributed by atoms with Crippen molar-refractivity contribution in [3.63, 3.8) is 0 Å². The van der Waals surface area contributed by atoms with Gasteiger partial charge in [0, 0.05) is 0 Å². The minimum atomic E-state index is -0.804. The van der Waals surface area contributed by atoms with Crippen LogP contribution >= 0.6 is 11.3 Å². The maximum atomic E-state index is 13.0. The van der Waals surface area contributed by atoms with Gasteiger partial charge in [-0.15, -0.1) is 0 Å². The molecule has 0 aliphatic heterocycles. The molecule has 0 radical (unpaired) electrons. The van der Waals surface area contributed by atoms with E-state index in [2.05, 4.69) is 10.3 Å². The minimum absolute atomic E-state index is 0.0136. The number of benzene rings is 1. The van der Waals surface area contributed by atoms with Crippen molar-refractivity contribution in [3.05, 3.63) is 45.9 Å². The van der Waals surface area contributed by atoms with Crippen molar-refractivity contribution in [1.82, 2.24) is 4.98 Å². The van der Waals surface area contributed by atoms with Crippen LogP contribution in [0.1, 0.15) is 10.4 Å². The van der Waals surface area contributed by atoms with Gasteiger partial charge < -0.3 is 5.11 Å². The smallest absolute Gasteiger partial charge is 0.345 e. The van der Waals surface area contributed by atoms with E-state index < -0.39 is 22.4 Å². The molecular formula is C10H6FN3O4S. The second-order valence-electron chi connectivity index (χ2n) is 3.38. The molecule has 0 bridgehead atoms. The van der Waals surface area contributed by atoms with Crippen molar-refractivity contribution in [2.45, 2.75) is 0 Å². The Balaban J connectivity index is 2.20. The number of nitrogens with zero attached hydrogens (tertiary/aromatic N) is 2. The van der Waals surface area contributed by atoms with E-state index in [1.54, 1.807) is 0 Å². The SMILES string of the molecule is O=C(Nc1ncc([N+](=O)[O-])s1)c1cc(F)ccc1O. The van der Waals surface area contributed by atoms with E-state index >= 15 is 0 Å². The third-order valence-electron chi connectivity index (χ3n) is 2.10. The van der Waals surface area contributed by atoms with Crippen molar-refractivity contribution in [2.75, 3.05) is 5.32 Å². The van der Waals surface area contributed by atoms with Crippen LogP contribution in [0.4, 0.5) is 14.5 Å². The van der Waals surface area contributed by atoms with Gasteiger partial charge in [-0.1, -0.05) is 0 Å². The molecule has 0 spiro atoms. The van der Waals surface area contributed by atoms with Gasteiger partial charge in [-0.2, -0.15) is 0 Å². The van der Waals surface area contributed by atoms with Crippen LogP contribution in [-0.2, 0) is 0 Å². The van der Waals surface area contributed by atoms with Gasteiger partial charge in [0.25, 0.3) is 5.91 Å². The average Bonchev–Trinajstić information content (AvgIpc) is 2.80. The summed E-state index contributed by atoms with van der Waals surface area (Å²) >= 11 is 0.657. The highest BCUT2D eigenvalue weighted by Gasteiger charge is 2.16. The summed E-state index contributed by atoms with van der Waals surface area (Å²) in [6.07, 6.45) is 0.992. The Bertz CT molecular complexity index is 658. The normalized spacial score (nSPS) is 10.2. The number of carbonyl (C=O) groups excluding carboxylic acids is 1. The predicted molar refractivity (Wildman–Crippen MR) is 64.8 cm³/mol. The molecule has 0 aliphatic carbocycles. The third kappa shape index (κ3) is 2.83. The van der Waals surface area contributed by atoms with Gasteiger partial charge in [-0.05, 0) is 29.5 Å². The molecule has 1 aromatic carbocycles. The molecule has 0 fully saturated rings. The highest BCUT2D eigenvalue weighted by atomic mass is 32.1. The quantitative estimate of drug-likeness (QED) is 0.663. The predicted octanol–water partition coefficient (Wildman–Crippen LogP) is 2.15. The van der Waals surface area contributed by atoms with Gasteiger partial charge in [-0.25, -0.2) is 9.37 Å². The molecule has 0 unspecified atom stereocenters. The largest absolute Gasteiger partial charge is 0.507 e. The van der Waals surface area contributed by atoms with Crippen molar-refractivity contribution in [2.24, 2.45) is 0 Å². The summed E-state index contributed by atoms with van der Waals surface area (Å²) < 4.78 is 13.0. The highest BCUT2D eigenvalue weighted by Crippen LogP contribution is 2.26. The summed E-state index contributed by atoms with van der Waals surface area (Å²) in [5.41, 5.74) is -0.280. The monoisotopic (exact) mass is 283 g/mol. The molecule has 0 saturated heterocycles. The van der Waals surface area contributed by atoms with Crippen LogP contribution in [0, 0.1) is 15.9 Å². The number of amides is 1. The third-order valence-corrected chi connectivity index (χ3v) is 2.96. The van der Waals surface area contributed by atoms with E-state index in [4.69, 9.17) is 0 Å². The lowest BCUT2D eigenvalue weighted by molar-refractivity contribution is -0.380. The number of halogens is 1. The van der Waals surface area contributed by atoms with E-state index in [1.807, 2.05) is 0 Å². The van der Waals surface area contributed by atoms with E-state index in [0.29, 0.717) is 11.3 Å². The average molecular weight is 283 g/mol. The van der Waals surface area contributed by atoms with Crippen molar-refractivity contribution >= 4 is 27.4 Å². The second-order valence-corrected chi connectivity index (χ2v) is 4.39. The Kier molecular flexibility index (Phi) is 3.38. The van der Waals surface area contributed by atoms with Gasteiger partial charge in [0.15, 0.2) is 5.13 Å². The Morgan fingerprint density at radius 2 is 2.26 bits per heavy atom. The van der Waals surface area contributed by atoms with Crippen molar-refractivity contribution in [3.8, 4) is 5.75 Å². The zero-order chi connectivity index (χ0) is 14.0. The van der Waals surface area contributed by atoms with Gasteiger partial charge in [-0.3, -0.25) is 20.2 Å². The zero-order valence-corrected chi connectivity index (χ0v) is 9.98. The highest BCUT2D eigenvalue weighted by molar-refractivity contribution is 7.18. The first-order valence-corrected chi connectivity index (χ1v) is 5.69. The summed E-state index contributed by atoms with van der Waals surface area (Å²) in [5, 5.41) is 21.9. The van der Waals surface area contributed by atoms with Crippen LogP contribution < -0.4 is 5.32 Å². The van der Waals surface area contributed by atoms with Crippen molar-refractivity contribution < 1.29 is 19.2 Å². The molecule has 2 N–H and O–H groups in total. The van der Waals surface area contributed by atoms with Crippen molar-refractivity contribution in [1.29, 1.82) is 0 Å². The first kappa shape index (κ1) is 12.9. The molecule has 0 aliphatic rings. The number of nitro groups is 1. The maximum absolute atomic E-state index is 13.0. The van der Waals surface area contributed by atoms with Crippen LogP contribution in [0.15, 0.2) is 24.4 Å². The molecule has 9 heteroatoms. The number of nitrogens with one attached hydrogen (secondary N) is 1. The number of hydrogen-bond donors (Lipinski definition) is 2. The number of anilines is 1. The van der Waals surface area contributed by atoms with Gasteiger partial charge in [0.2, 0.25) is 0 Å². The van der Waals surface area contributed by atoms with Crippen LogP contribution in [-0.4, -0.2) is 20.9 Å². The summed E-state index contributed by atoms with van der Waals surface area (Å²) in [7, 11) is 0. The molecule has 98 valence electrons. The fraction of sp³-hybridized carbons (Fsp3) is 0. The molecule has 1 amide bonds. The Morgan fingerprint density at radius 1 is 1.53 bits per heavy atom. The summed E-state index contributed by atoms with van der Waals surface area (Å²) in [6.45, 7) is 0. The summed E-state index contributed by atoms with van der Waals surface area (Å²) in [5.74, 6) is -1.89. The van der Waals surface area contributed by atoms with Crippen LogP contribution in [0.3, 0.4) is 0 Å². The van der Waals surface area contributed by atoms with Crippen LogP contribution in [0.2, 0.25) is 0 Å². The fourth-order valence-electron chi connectivity index (χ4n) is 1.26. The molecule has 1 heterocycles. The molecule has 2 aromatic rings. The van der Waals surface area contributed by atoms with Crippen LogP contribution in [0.25, 0.3) is 0 Å². The number of phenolic OH excluding ortho intramolecular Hbond substituents is 1. The van der Waals surface area contributed by atoms with E-state index in [0.717, 1.165) is 24.4 Å². The van der Waals surface area contributed by atoms with Gasteiger partial charge in [0.1, 0.15) is 17.8 Å².